The molecule has 0 amide bonds. The number of nitriles is 1. The van der Waals surface area contributed by atoms with E-state index in [1.807, 2.05) is 55.5 Å². The van der Waals surface area contributed by atoms with E-state index in [0.29, 0.717) is 11.3 Å². The predicted octanol–water partition coefficient (Wildman–Crippen LogP) is 2.46. The fourth-order valence-corrected chi connectivity index (χ4v) is 2.25. The molecule has 0 aliphatic rings. The minimum Gasteiger partial charge on any atom is -0.292 e. The van der Waals surface area contributed by atoms with Gasteiger partial charge in [-0.2, -0.15) is 9.94 Å². The van der Waals surface area contributed by atoms with Gasteiger partial charge in [-0.15, -0.1) is 5.10 Å². The molecule has 0 saturated carbocycles. The van der Waals surface area contributed by atoms with Crippen molar-refractivity contribution < 1.29 is 4.79 Å². The van der Waals surface area contributed by atoms with Crippen LogP contribution in [0.4, 0.5) is 0 Å². The highest BCUT2D eigenvalue weighted by Gasteiger charge is 2.28. The van der Waals surface area contributed by atoms with Crippen molar-refractivity contribution in [1.82, 2.24) is 20.2 Å². The molecule has 3 rings (SSSR count). The maximum Gasteiger partial charge on any atom is 0.187 e. The summed E-state index contributed by atoms with van der Waals surface area (Å²) in [4.78, 5) is 12.6. The Morgan fingerprint density at radius 2 is 1.83 bits per heavy atom. The highest BCUT2D eigenvalue weighted by molar-refractivity contribution is 6.02. The number of nitrogens with zero attached hydrogens (tertiary/aromatic N) is 5. The SMILES string of the molecule is Cc1ccc(C(=O)[C@H](C#N)c2nnnn2-c2ccccc2)cc1. The molecule has 0 aliphatic heterocycles. The van der Waals surface area contributed by atoms with E-state index in [1.54, 1.807) is 12.1 Å². The minimum atomic E-state index is -1.06. The number of para-hydroxylation sites is 1. The molecule has 0 spiro atoms. The highest BCUT2D eigenvalue weighted by atomic mass is 16.1. The summed E-state index contributed by atoms with van der Waals surface area (Å²) in [5.74, 6) is -1.17. The Bertz CT molecular complexity index is 862. The first-order chi connectivity index (χ1) is 11.2. The first kappa shape index (κ1) is 14.6. The largest absolute Gasteiger partial charge is 0.292 e. The molecule has 0 radical (unpaired) electrons. The monoisotopic (exact) mass is 303 g/mol. The third-order valence-corrected chi connectivity index (χ3v) is 3.48. The second-order valence-electron chi connectivity index (χ2n) is 5.08. The van der Waals surface area contributed by atoms with Gasteiger partial charge < -0.3 is 0 Å². The molecule has 0 unspecified atom stereocenters. The molecule has 0 fully saturated rings. The van der Waals surface area contributed by atoms with Crippen LogP contribution in [0.5, 0.6) is 0 Å². The van der Waals surface area contributed by atoms with Crippen molar-refractivity contribution >= 4 is 5.78 Å². The first-order valence-electron chi connectivity index (χ1n) is 7.05. The van der Waals surface area contributed by atoms with Crippen LogP contribution in [0.15, 0.2) is 54.6 Å². The van der Waals surface area contributed by atoms with E-state index in [4.69, 9.17) is 0 Å². The molecular formula is C17H13N5O. The predicted molar refractivity (Wildman–Crippen MR) is 83.0 cm³/mol. The maximum atomic E-state index is 12.6. The number of ketones is 1. The summed E-state index contributed by atoms with van der Waals surface area (Å²) in [6.45, 7) is 1.94. The quantitative estimate of drug-likeness (QED) is 0.691. The standard InChI is InChI=1S/C17H13N5O/c1-12-7-9-13(10-8-12)16(23)15(11-18)17-19-20-21-22(17)14-5-3-2-4-6-14/h2-10,15H,1H3/t15-/m0/s1. The number of carbonyl (C=O) groups excluding carboxylic acids is 1. The molecule has 23 heavy (non-hydrogen) atoms. The average molecular weight is 303 g/mol. The van der Waals surface area contributed by atoms with Crippen molar-refractivity contribution in [3.8, 4) is 11.8 Å². The van der Waals surface area contributed by atoms with Gasteiger partial charge in [-0.3, -0.25) is 4.79 Å². The van der Waals surface area contributed by atoms with Crippen LogP contribution in [0.1, 0.15) is 27.7 Å². The van der Waals surface area contributed by atoms with Crippen LogP contribution in [0, 0.1) is 18.3 Å². The Balaban J connectivity index is 2.00. The van der Waals surface area contributed by atoms with Crippen molar-refractivity contribution in [2.45, 2.75) is 12.8 Å². The van der Waals surface area contributed by atoms with Gasteiger partial charge in [0.05, 0.1) is 11.8 Å². The van der Waals surface area contributed by atoms with Crippen LogP contribution < -0.4 is 0 Å². The van der Waals surface area contributed by atoms with Crippen molar-refractivity contribution in [2.75, 3.05) is 0 Å². The van der Waals surface area contributed by atoms with E-state index >= 15 is 0 Å². The Kier molecular flexibility index (Phi) is 3.93. The van der Waals surface area contributed by atoms with E-state index < -0.39 is 5.92 Å². The van der Waals surface area contributed by atoms with Crippen LogP contribution in [-0.2, 0) is 0 Å². The summed E-state index contributed by atoms with van der Waals surface area (Å²) in [6.07, 6.45) is 0. The van der Waals surface area contributed by atoms with Gasteiger partial charge in [-0.05, 0) is 29.5 Å². The molecular weight excluding hydrogens is 290 g/mol. The number of aromatic nitrogens is 4. The van der Waals surface area contributed by atoms with Gasteiger partial charge in [-0.1, -0.05) is 48.0 Å². The lowest BCUT2D eigenvalue weighted by molar-refractivity contribution is 0.0975. The Morgan fingerprint density at radius 1 is 1.13 bits per heavy atom. The number of hydrogen-bond donors (Lipinski definition) is 0. The number of benzene rings is 2. The lowest BCUT2D eigenvalue weighted by Gasteiger charge is -2.09. The van der Waals surface area contributed by atoms with E-state index in [2.05, 4.69) is 15.5 Å². The number of carbonyl (C=O) groups is 1. The number of Topliss-reactive ketones (excluding diaryl/α,β-unsaturated/α-hetero) is 1. The first-order valence-corrected chi connectivity index (χ1v) is 7.05. The molecule has 1 aromatic heterocycles. The zero-order chi connectivity index (χ0) is 16.2. The van der Waals surface area contributed by atoms with Crippen molar-refractivity contribution in [2.24, 2.45) is 0 Å². The Morgan fingerprint density at radius 3 is 2.48 bits per heavy atom. The number of hydrogen-bond acceptors (Lipinski definition) is 5. The number of rotatable bonds is 4. The molecule has 6 nitrogen and oxygen atoms in total. The number of tetrazole rings is 1. The van der Waals surface area contributed by atoms with Gasteiger partial charge in [0, 0.05) is 5.56 Å². The summed E-state index contributed by atoms with van der Waals surface area (Å²) in [5.41, 5.74) is 2.21. The normalized spacial score (nSPS) is 11.7. The Labute approximate surface area is 133 Å². The molecule has 0 N–H and O–H groups in total. The summed E-state index contributed by atoms with van der Waals surface area (Å²) in [7, 11) is 0. The zero-order valence-electron chi connectivity index (χ0n) is 12.4. The molecule has 1 atom stereocenters. The zero-order valence-corrected chi connectivity index (χ0v) is 12.4. The summed E-state index contributed by atoms with van der Waals surface area (Å²) >= 11 is 0. The van der Waals surface area contributed by atoms with E-state index in [9.17, 15) is 10.1 Å². The minimum absolute atomic E-state index is 0.212. The third-order valence-electron chi connectivity index (χ3n) is 3.48. The van der Waals surface area contributed by atoms with Gasteiger partial charge in [-0.25, -0.2) is 0 Å². The second-order valence-corrected chi connectivity index (χ2v) is 5.08. The average Bonchev–Trinajstić information content (AvgIpc) is 3.06. The third kappa shape index (κ3) is 2.85. The summed E-state index contributed by atoms with van der Waals surface area (Å²) < 4.78 is 1.42. The fourth-order valence-electron chi connectivity index (χ4n) is 2.25. The van der Waals surface area contributed by atoms with Crippen molar-refractivity contribution in [3.63, 3.8) is 0 Å². The molecule has 0 bridgehead atoms. The fraction of sp³-hybridized carbons (Fsp3) is 0.118. The Hall–Kier alpha value is -3.33. The molecule has 6 heteroatoms. The lowest BCUT2D eigenvalue weighted by atomic mass is 9.97. The summed E-state index contributed by atoms with van der Waals surface area (Å²) in [6, 6.07) is 18.3. The second kappa shape index (κ2) is 6.20. The molecule has 112 valence electrons. The smallest absolute Gasteiger partial charge is 0.187 e. The molecule has 2 aromatic carbocycles. The number of aryl methyl sites for hydroxylation is 1. The molecule has 3 aromatic rings. The van der Waals surface area contributed by atoms with E-state index in [-0.39, 0.29) is 11.6 Å². The van der Waals surface area contributed by atoms with Crippen LogP contribution in [0.2, 0.25) is 0 Å². The van der Waals surface area contributed by atoms with Crippen LogP contribution >= 0.6 is 0 Å². The lowest BCUT2D eigenvalue weighted by Crippen LogP contribution is -2.16. The van der Waals surface area contributed by atoms with Gasteiger partial charge in [0.15, 0.2) is 17.5 Å². The topological polar surface area (TPSA) is 84.5 Å². The van der Waals surface area contributed by atoms with Gasteiger partial charge >= 0.3 is 0 Å². The highest BCUT2D eigenvalue weighted by Crippen LogP contribution is 2.20. The summed E-state index contributed by atoms with van der Waals surface area (Å²) in [5, 5.41) is 20.9. The van der Waals surface area contributed by atoms with Crippen molar-refractivity contribution in [3.05, 3.63) is 71.5 Å². The van der Waals surface area contributed by atoms with E-state index in [0.717, 1.165) is 5.56 Å². The van der Waals surface area contributed by atoms with Crippen LogP contribution in [0.25, 0.3) is 5.69 Å². The van der Waals surface area contributed by atoms with Crippen molar-refractivity contribution in [1.29, 1.82) is 5.26 Å². The molecule has 1 heterocycles. The maximum absolute atomic E-state index is 12.6. The van der Waals surface area contributed by atoms with E-state index in [1.165, 1.54) is 4.68 Å². The van der Waals surface area contributed by atoms with Gasteiger partial charge in [0.1, 0.15) is 0 Å². The van der Waals surface area contributed by atoms with Crippen LogP contribution in [0.3, 0.4) is 0 Å². The molecule has 0 saturated heterocycles. The van der Waals surface area contributed by atoms with Gasteiger partial charge in [0.25, 0.3) is 0 Å². The molecule has 0 aliphatic carbocycles. The van der Waals surface area contributed by atoms with Gasteiger partial charge in [0.2, 0.25) is 0 Å². The van der Waals surface area contributed by atoms with Crippen LogP contribution in [-0.4, -0.2) is 26.0 Å².